The number of hydrogen-bond donors (Lipinski definition) is 0. The zero-order valence-electron chi connectivity index (χ0n) is 9.70. The minimum atomic E-state index is -0.323. The summed E-state index contributed by atoms with van der Waals surface area (Å²) in [6, 6.07) is 6.91. The lowest BCUT2D eigenvalue weighted by Crippen LogP contribution is -2.29. The monoisotopic (exact) mass is 242 g/mol. The van der Waals surface area contributed by atoms with Gasteiger partial charge >= 0.3 is 0 Å². The molecule has 0 unspecified atom stereocenters. The van der Waals surface area contributed by atoms with Crippen molar-refractivity contribution in [3.63, 3.8) is 0 Å². The molecular weight excluding hydrogens is 232 g/mol. The number of para-hydroxylation sites is 1. The standard InChI is InChI=1S/C12H10N4O2/c1-2-15-7-13-16-10(12(15)18)14-9-6-4-3-5-8(9)11(16)17/h3-7H,2H2,1H3. The maximum Gasteiger partial charge on any atom is 0.297 e. The van der Waals surface area contributed by atoms with Gasteiger partial charge in [0.2, 0.25) is 5.65 Å². The number of benzene rings is 1. The number of rotatable bonds is 1. The van der Waals surface area contributed by atoms with E-state index in [4.69, 9.17) is 0 Å². The molecule has 18 heavy (non-hydrogen) atoms. The fourth-order valence-electron chi connectivity index (χ4n) is 1.89. The zero-order chi connectivity index (χ0) is 12.7. The first-order valence-electron chi connectivity index (χ1n) is 5.59. The Morgan fingerprint density at radius 2 is 1.94 bits per heavy atom. The Balaban J connectivity index is 2.60. The van der Waals surface area contributed by atoms with Crippen molar-refractivity contribution in [2.45, 2.75) is 13.5 Å². The van der Waals surface area contributed by atoms with Crippen LogP contribution < -0.4 is 11.1 Å². The summed E-state index contributed by atoms with van der Waals surface area (Å²) in [6.45, 7) is 2.32. The van der Waals surface area contributed by atoms with Crippen LogP contribution in [0.5, 0.6) is 0 Å². The van der Waals surface area contributed by atoms with E-state index in [0.29, 0.717) is 17.4 Å². The molecule has 0 aliphatic carbocycles. The van der Waals surface area contributed by atoms with Gasteiger partial charge in [-0.25, -0.2) is 4.98 Å². The van der Waals surface area contributed by atoms with Crippen LogP contribution in [0.4, 0.5) is 0 Å². The summed E-state index contributed by atoms with van der Waals surface area (Å²) >= 11 is 0. The van der Waals surface area contributed by atoms with Gasteiger partial charge in [0.15, 0.2) is 0 Å². The van der Waals surface area contributed by atoms with Gasteiger partial charge in [0, 0.05) is 6.54 Å². The number of hydrogen-bond acceptors (Lipinski definition) is 4. The Labute approximate surface area is 101 Å². The van der Waals surface area contributed by atoms with Gasteiger partial charge in [0.1, 0.15) is 6.33 Å². The fourth-order valence-corrected chi connectivity index (χ4v) is 1.89. The minimum Gasteiger partial charge on any atom is -0.295 e. The van der Waals surface area contributed by atoms with Crippen LogP contribution in [0, 0.1) is 0 Å². The predicted molar refractivity (Wildman–Crippen MR) is 66.7 cm³/mol. The van der Waals surface area contributed by atoms with E-state index < -0.39 is 0 Å². The molecule has 0 aliphatic rings. The molecule has 0 atom stereocenters. The van der Waals surface area contributed by atoms with E-state index in [1.54, 1.807) is 24.3 Å². The fraction of sp³-hybridized carbons (Fsp3) is 0.167. The van der Waals surface area contributed by atoms with E-state index in [-0.39, 0.29) is 16.8 Å². The molecule has 0 amide bonds. The summed E-state index contributed by atoms with van der Waals surface area (Å²) in [7, 11) is 0. The topological polar surface area (TPSA) is 69.3 Å². The molecule has 0 spiro atoms. The lowest BCUT2D eigenvalue weighted by Gasteiger charge is -2.04. The van der Waals surface area contributed by atoms with Crippen molar-refractivity contribution < 1.29 is 0 Å². The molecule has 2 aromatic heterocycles. The minimum absolute atomic E-state index is 0.0584. The Morgan fingerprint density at radius 1 is 1.17 bits per heavy atom. The molecule has 0 saturated heterocycles. The van der Waals surface area contributed by atoms with Crippen molar-refractivity contribution in [3.8, 4) is 0 Å². The summed E-state index contributed by atoms with van der Waals surface area (Å²) in [5.41, 5.74) is -0.0652. The molecule has 3 rings (SSSR count). The second-order valence-corrected chi connectivity index (χ2v) is 3.89. The third-order valence-corrected chi connectivity index (χ3v) is 2.85. The highest BCUT2D eigenvalue weighted by atomic mass is 16.1. The summed E-state index contributed by atoms with van der Waals surface area (Å²) in [4.78, 5) is 28.4. The SMILES string of the molecule is CCn1cnn2c(=O)c3ccccc3nc2c1=O. The van der Waals surface area contributed by atoms with E-state index in [2.05, 4.69) is 10.1 Å². The van der Waals surface area contributed by atoms with Crippen LogP contribution in [0.2, 0.25) is 0 Å². The Bertz CT molecular complexity index is 863. The van der Waals surface area contributed by atoms with Crippen molar-refractivity contribution in [2.24, 2.45) is 0 Å². The Kier molecular flexibility index (Phi) is 2.22. The van der Waals surface area contributed by atoms with Gasteiger partial charge in [0.05, 0.1) is 10.9 Å². The van der Waals surface area contributed by atoms with Crippen LogP contribution in [0.25, 0.3) is 16.6 Å². The molecule has 0 fully saturated rings. The van der Waals surface area contributed by atoms with E-state index in [0.717, 1.165) is 4.52 Å². The van der Waals surface area contributed by atoms with Crippen molar-refractivity contribution in [2.75, 3.05) is 0 Å². The van der Waals surface area contributed by atoms with Crippen molar-refractivity contribution >= 4 is 16.6 Å². The quantitative estimate of drug-likeness (QED) is 0.580. The smallest absolute Gasteiger partial charge is 0.295 e. The maximum atomic E-state index is 12.2. The number of aromatic nitrogens is 4. The largest absolute Gasteiger partial charge is 0.297 e. The molecule has 2 heterocycles. The van der Waals surface area contributed by atoms with Gasteiger partial charge in [-0.3, -0.25) is 14.2 Å². The Hall–Kier alpha value is -2.50. The van der Waals surface area contributed by atoms with Crippen LogP contribution in [0.1, 0.15) is 6.92 Å². The predicted octanol–water partition coefficient (Wildman–Crippen LogP) is 0.424. The summed E-state index contributed by atoms with van der Waals surface area (Å²) in [6.07, 6.45) is 1.35. The second kappa shape index (κ2) is 3.76. The third-order valence-electron chi connectivity index (χ3n) is 2.85. The zero-order valence-corrected chi connectivity index (χ0v) is 9.70. The van der Waals surface area contributed by atoms with Gasteiger partial charge in [-0.1, -0.05) is 12.1 Å². The van der Waals surface area contributed by atoms with Gasteiger partial charge in [-0.2, -0.15) is 9.61 Å². The van der Waals surface area contributed by atoms with Gasteiger partial charge in [-0.15, -0.1) is 0 Å². The molecule has 0 N–H and O–H groups in total. The van der Waals surface area contributed by atoms with Gasteiger partial charge < -0.3 is 0 Å². The first-order chi connectivity index (χ1) is 8.72. The van der Waals surface area contributed by atoms with Crippen LogP contribution in [0.15, 0.2) is 40.2 Å². The van der Waals surface area contributed by atoms with Crippen molar-refractivity contribution in [1.82, 2.24) is 19.2 Å². The molecule has 6 nitrogen and oxygen atoms in total. The van der Waals surface area contributed by atoms with Crippen molar-refractivity contribution in [3.05, 3.63) is 51.3 Å². The summed E-state index contributed by atoms with van der Waals surface area (Å²) in [5.74, 6) is 0. The third kappa shape index (κ3) is 1.35. The number of nitrogens with zero attached hydrogens (tertiary/aromatic N) is 4. The van der Waals surface area contributed by atoms with Crippen LogP contribution >= 0.6 is 0 Å². The van der Waals surface area contributed by atoms with Crippen LogP contribution in [0.3, 0.4) is 0 Å². The molecule has 90 valence electrons. The van der Waals surface area contributed by atoms with E-state index >= 15 is 0 Å². The molecule has 3 aromatic rings. The molecule has 0 radical (unpaired) electrons. The highest BCUT2D eigenvalue weighted by molar-refractivity contribution is 5.79. The molecular formula is C12H10N4O2. The lowest BCUT2D eigenvalue weighted by atomic mass is 10.2. The lowest BCUT2D eigenvalue weighted by molar-refractivity contribution is 0.669. The second-order valence-electron chi connectivity index (χ2n) is 3.89. The molecule has 0 bridgehead atoms. The average molecular weight is 242 g/mol. The van der Waals surface area contributed by atoms with E-state index in [9.17, 15) is 9.59 Å². The molecule has 0 saturated carbocycles. The van der Waals surface area contributed by atoms with Gasteiger partial charge in [0.25, 0.3) is 11.1 Å². The van der Waals surface area contributed by atoms with E-state index in [1.165, 1.54) is 10.9 Å². The highest BCUT2D eigenvalue weighted by Gasteiger charge is 2.09. The maximum absolute atomic E-state index is 12.2. The number of aryl methyl sites for hydroxylation is 1. The normalized spacial score (nSPS) is 11.2. The molecule has 6 heteroatoms. The first-order valence-corrected chi connectivity index (χ1v) is 5.59. The highest BCUT2D eigenvalue weighted by Crippen LogP contribution is 2.05. The van der Waals surface area contributed by atoms with Crippen molar-refractivity contribution in [1.29, 1.82) is 0 Å². The average Bonchev–Trinajstić information content (AvgIpc) is 2.40. The first kappa shape index (κ1) is 10.6. The van der Waals surface area contributed by atoms with E-state index in [1.807, 2.05) is 6.92 Å². The Morgan fingerprint density at radius 3 is 2.72 bits per heavy atom. The summed E-state index contributed by atoms with van der Waals surface area (Å²) in [5, 5.41) is 4.42. The molecule has 0 aliphatic heterocycles. The van der Waals surface area contributed by atoms with Crippen LogP contribution in [-0.2, 0) is 6.54 Å². The summed E-state index contributed by atoms with van der Waals surface area (Å²) < 4.78 is 2.47. The van der Waals surface area contributed by atoms with Crippen LogP contribution in [-0.4, -0.2) is 19.2 Å². The molecule has 1 aromatic carbocycles. The number of fused-ring (bicyclic) bond motifs is 2. The van der Waals surface area contributed by atoms with Gasteiger partial charge in [-0.05, 0) is 19.1 Å².